The molecule has 1 radical (unpaired) electrons. The van der Waals surface area contributed by atoms with Crippen molar-refractivity contribution >= 4 is 0 Å². The van der Waals surface area contributed by atoms with Gasteiger partial charge in [0.05, 0.1) is 18.8 Å². The fourth-order valence-corrected chi connectivity index (χ4v) is 4.11. The minimum Gasteiger partial charge on any atom is -0.493 e. The molecule has 3 heteroatoms. The van der Waals surface area contributed by atoms with Gasteiger partial charge >= 0.3 is 0 Å². The van der Waals surface area contributed by atoms with Crippen molar-refractivity contribution < 1.29 is 9.47 Å². The van der Waals surface area contributed by atoms with E-state index in [4.69, 9.17) is 9.47 Å². The third-order valence-corrected chi connectivity index (χ3v) is 6.09. The largest absolute Gasteiger partial charge is 0.493 e. The zero-order valence-corrected chi connectivity index (χ0v) is 18.9. The highest BCUT2D eigenvalue weighted by atomic mass is 16.5. The van der Waals surface area contributed by atoms with Crippen molar-refractivity contribution in [1.82, 2.24) is 0 Å². The molecular formula is C28H36NO2. The Morgan fingerprint density at radius 2 is 1.58 bits per heavy atom. The van der Waals surface area contributed by atoms with Crippen LogP contribution in [0, 0.1) is 23.7 Å². The summed E-state index contributed by atoms with van der Waals surface area (Å²) >= 11 is 0. The van der Waals surface area contributed by atoms with Crippen molar-refractivity contribution in [2.45, 2.75) is 71.1 Å². The molecule has 31 heavy (non-hydrogen) atoms. The van der Waals surface area contributed by atoms with Crippen LogP contribution in [0.5, 0.6) is 11.5 Å². The Morgan fingerprint density at radius 1 is 0.871 bits per heavy atom. The first-order valence-corrected chi connectivity index (χ1v) is 12.0. The summed E-state index contributed by atoms with van der Waals surface area (Å²) in [5.41, 5.74) is 2.70. The van der Waals surface area contributed by atoms with Crippen LogP contribution in [0.1, 0.15) is 76.7 Å². The molecule has 0 amide bonds. The fourth-order valence-electron chi connectivity index (χ4n) is 4.11. The molecule has 1 aliphatic rings. The van der Waals surface area contributed by atoms with Gasteiger partial charge in [0.2, 0.25) is 0 Å². The van der Waals surface area contributed by atoms with E-state index >= 15 is 0 Å². The lowest BCUT2D eigenvalue weighted by atomic mass is 9.90. The molecule has 3 rings (SSSR count). The lowest BCUT2D eigenvalue weighted by molar-refractivity contribution is 0.221. The maximum atomic E-state index is 9.58. The summed E-state index contributed by atoms with van der Waals surface area (Å²) in [7, 11) is 0. The molecule has 0 N–H and O–H groups in total. The summed E-state index contributed by atoms with van der Waals surface area (Å²) in [6.07, 6.45) is 14.7. The molecular weight excluding hydrogens is 382 g/mol. The van der Waals surface area contributed by atoms with Crippen LogP contribution in [0.3, 0.4) is 0 Å². The monoisotopic (exact) mass is 418 g/mol. The van der Waals surface area contributed by atoms with Gasteiger partial charge < -0.3 is 9.47 Å². The average molecular weight is 419 g/mol. The van der Waals surface area contributed by atoms with Crippen LogP contribution in [-0.2, 0) is 0 Å². The average Bonchev–Trinajstić information content (AvgIpc) is 2.83. The van der Waals surface area contributed by atoms with Crippen LogP contribution in [-0.4, -0.2) is 13.2 Å². The van der Waals surface area contributed by atoms with Gasteiger partial charge in [0.25, 0.3) is 0 Å². The van der Waals surface area contributed by atoms with Gasteiger partial charge in [-0.25, -0.2) is 0 Å². The maximum absolute atomic E-state index is 9.58. The molecule has 0 aliphatic heterocycles. The normalized spacial score (nSPS) is 14.2. The molecule has 0 unspecified atom stereocenters. The molecule has 2 aromatic rings. The van der Waals surface area contributed by atoms with Gasteiger partial charge in [-0.05, 0) is 79.8 Å². The summed E-state index contributed by atoms with van der Waals surface area (Å²) in [5.74, 6) is 2.27. The predicted molar refractivity (Wildman–Crippen MR) is 127 cm³/mol. The number of nitrogens with zero attached hydrogens (tertiary/aromatic N) is 1. The summed E-state index contributed by atoms with van der Waals surface area (Å²) < 4.78 is 11.9. The molecule has 165 valence electrons. The van der Waals surface area contributed by atoms with Gasteiger partial charge in [-0.3, -0.25) is 0 Å². The Labute approximate surface area is 188 Å². The number of hydrogen-bond donors (Lipinski definition) is 0. The first kappa shape index (κ1) is 23.2. The molecule has 1 fully saturated rings. The Bertz CT molecular complexity index is 816. The Balaban J connectivity index is 1.50. The quantitative estimate of drug-likeness (QED) is 0.331. The van der Waals surface area contributed by atoms with Gasteiger partial charge in [0.15, 0.2) is 0 Å². The molecule has 0 bridgehead atoms. The van der Waals surface area contributed by atoms with Crippen LogP contribution in [0.2, 0.25) is 0 Å². The van der Waals surface area contributed by atoms with E-state index in [9.17, 15) is 5.26 Å². The lowest BCUT2D eigenvalue weighted by Crippen LogP contribution is -2.15. The fraction of sp³-hybridized carbons (Fsp3) is 0.500. The molecule has 3 nitrogen and oxygen atoms in total. The predicted octanol–water partition coefficient (Wildman–Crippen LogP) is 7.74. The van der Waals surface area contributed by atoms with E-state index in [-0.39, 0.29) is 0 Å². The molecule has 0 heterocycles. The van der Waals surface area contributed by atoms with Crippen LogP contribution in [0.15, 0.2) is 42.5 Å². The van der Waals surface area contributed by atoms with Crippen LogP contribution in [0.4, 0.5) is 0 Å². The molecule has 0 saturated heterocycles. The van der Waals surface area contributed by atoms with E-state index in [1.807, 2.05) is 30.3 Å². The van der Waals surface area contributed by atoms with Crippen molar-refractivity contribution in [2.24, 2.45) is 5.92 Å². The van der Waals surface area contributed by atoms with Gasteiger partial charge in [-0.1, -0.05) is 57.2 Å². The van der Waals surface area contributed by atoms with Gasteiger partial charge in [-0.15, -0.1) is 0 Å². The summed E-state index contributed by atoms with van der Waals surface area (Å²) in [6.45, 7) is 3.71. The summed E-state index contributed by atoms with van der Waals surface area (Å²) in [6, 6.07) is 16.4. The van der Waals surface area contributed by atoms with Gasteiger partial charge in [0, 0.05) is 0 Å². The van der Waals surface area contributed by atoms with Crippen molar-refractivity contribution in [2.75, 3.05) is 13.2 Å². The molecule has 0 atom stereocenters. The number of ether oxygens (including phenoxy) is 2. The van der Waals surface area contributed by atoms with Crippen LogP contribution in [0.25, 0.3) is 11.1 Å². The third kappa shape index (κ3) is 7.62. The van der Waals surface area contributed by atoms with Crippen molar-refractivity contribution in [3.8, 4) is 28.7 Å². The van der Waals surface area contributed by atoms with E-state index in [0.29, 0.717) is 23.8 Å². The molecule has 2 aromatic carbocycles. The van der Waals surface area contributed by atoms with Gasteiger partial charge in [0.1, 0.15) is 17.6 Å². The van der Waals surface area contributed by atoms with Crippen LogP contribution < -0.4 is 9.47 Å². The highest BCUT2D eigenvalue weighted by molar-refractivity contribution is 5.67. The number of hydrogen-bond acceptors (Lipinski definition) is 3. The Kier molecular flexibility index (Phi) is 9.77. The molecule has 0 spiro atoms. The molecule has 1 aliphatic carbocycles. The molecule has 1 saturated carbocycles. The first-order chi connectivity index (χ1) is 15.3. The second-order valence-corrected chi connectivity index (χ2v) is 8.58. The van der Waals surface area contributed by atoms with E-state index in [2.05, 4.69) is 31.5 Å². The minimum absolute atomic E-state index is 0.595. The second kappa shape index (κ2) is 13.1. The Morgan fingerprint density at radius 3 is 2.32 bits per heavy atom. The second-order valence-electron chi connectivity index (χ2n) is 8.58. The number of unbranched alkanes of at least 4 members (excludes halogenated alkanes) is 5. The standard InChI is InChI=1S/C28H36NO2/c1-2-3-4-5-6-10-19-30-28-18-15-25(20-26(28)21-29)24-13-16-27(17-14-24)31-22-23-11-8-7-9-12-23/h7,13-18,20,23H,2-6,8-12,19,22H2,1H3. The number of rotatable bonds is 12. The van der Waals surface area contributed by atoms with E-state index in [1.54, 1.807) is 0 Å². The first-order valence-electron chi connectivity index (χ1n) is 12.0. The van der Waals surface area contributed by atoms with Crippen molar-refractivity contribution in [1.29, 1.82) is 5.26 Å². The van der Waals surface area contributed by atoms with Crippen molar-refractivity contribution in [3.05, 3.63) is 54.4 Å². The highest BCUT2D eigenvalue weighted by Crippen LogP contribution is 2.29. The number of benzene rings is 2. The van der Waals surface area contributed by atoms with E-state index in [0.717, 1.165) is 29.9 Å². The maximum Gasteiger partial charge on any atom is 0.137 e. The summed E-state index contributed by atoms with van der Waals surface area (Å²) in [4.78, 5) is 0. The smallest absolute Gasteiger partial charge is 0.137 e. The SMILES string of the molecule is CCCCCCCCOc1ccc(-c2ccc(OCC3CC[CH]CC3)cc2)cc1C#N. The van der Waals surface area contributed by atoms with Gasteiger partial charge in [-0.2, -0.15) is 5.26 Å². The summed E-state index contributed by atoms with van der Waals surface area (Å²) in [5, 5.41) is 9.58. The number of nitriles is 1. The lowest BCUT2D eigenvalue weighted by Gasteiger charge is -2.21. The zero-order valence-electron chi connectivity index (χ0n) is 18.9. The third-order valence-electron chi connectivity index (χ3n) is 6.09. The molecule has 0 aromatic heterocycles. The highest BCUT2D eigenvalue weighted by Gasteiger charge is 2.14. The topological polar surface area (TPSA) is 42.2 Å². The zero-order chi connectivity index (χ0) is 21.7. The minimum atomic E-state index is 0.595. The Hall–Kier alpha value is -2.47. The van der Waals surface area contributed by atoms with E-state index < -0.39 is 0 Å². The van der Waals surface area contributed by atoms with Crippen molar-refractivity contribution in [3.63, 3.8) is 0 Å². The van der Waals surface area contributed by atoms with Crippen LogP contribution >= 0.6 is 0 Å². The van der Waals surface area contributed by atoms with E-state index in [1.165, 1.54) is 57.8 Å².